The van der Waals surface area contributed by atoms with Crippen LogP contribution in [0.5, 0.6) is 0 Å². The summed E-state index contributed by atoms with van der Waals surface area (Å²) in [4.78, 5) is 92.9. The molecular formula is C34H63N9O9S2. The van der Waals surface area contributed by atoms with Crippen molar-refractivity contribution in [3.8, 4) is 0 Å². The highest BCUT2D eigenvalue weighted by molar-refractivity contribution is 7.98. The lowest BCUT2D eigenvalue weighted by Gasteiger charge is -2.30. The second kappa shape index (κ2) is 26.6. The van der Waals surface area contributed by atoms with E-state index in [-0.39, 0.29) is 37.5 Å². The van der Waals surface area contributed by atoms with Crippen molar-refractivity contribution in [2.45, 2.75) is 120 Å². The van der Waals surface area contributed by atoms with Crippen molar-refractivity contribution in [1.82, 2.24) is 31.5 Å². The number of aliphatic hydroxyl groups is 1. The van der Waals surface area contributed by atoms with Gasteiger partial charge in [0.2, 0.25) is 35.4 Å². The number of nitrogens with zero attached hydrogens (tertiary/aromatic N) is 1. The van der Waals surface area contributed by atoms with E-state index in [4.69, 9.17) is 17.2 Å². The van der Waals surface area contributed by atoms with Crippen molar-refractivity contribution in [3.63, 3.8) is 0 Å². The predicted octanol–water partition coefficient (Wildman–Crippen LogP) is -2.21. The normalized spacial score (nSPS) is 17.4. The molecule has 1 saturated heterocycles. The van der Waals surface area contributed by atoms with E-state index in [1.54, 1.807) is 0 Å². The summed E-state index contributed by atoms with van der Waals surface area (Å²) < 4.78 is 0. The number of nitrogens with two attached hydrogens (primary N) is 3. The lowest BCUT2D eigenvalue weighted by atomic mass is 10.0. The number of thioether (sulfide) groups is 1. The molecule has 0 aliphatic carbocycles. The van der Waals surface area contributed by atoms with Crippen molar-refractivity contribution >= 4 is 65.8 Å². The van der Waals surface area contributed by atoms with Crippen LogP contribution in [0.3, 0.4) is 0 Å². The molecule has 0 aromatic rings. The Balaban J connectivity index is 3.08. The van der Waals surface area contributed by atoms with Crippen LogP contribution < -0.4 is 43.8 Å². The molecule has 0 aromatic carbocycles. The maximum absolute atomic E-state index is 13.6. The number of hydrogen-bond acceptors (Lipinski definition) is 13. The molecule has 1 aliphatic heterocycles. The molecule has 0 spiro atoms. The molecule has 1 heterocycles. The fraction of sp³-hybridized carbons (Fsp3) is 0.794. The number of carboxylic acid groups (broad SMARTS) is 1. The van der Waals surface area contributed by atoms with Crippen molar-refractivity contribution in [1.29, 1.82) is 0 Å². The molecule has 6 amide bonds. The summed E-state index contributed by atoms with van der Waals surface area (Å²) in [5.41, 5.74) is 17.2. The van der Waals surface area contributed by atoms with E-state index >= 15 is 0 Å². The van der Waals surface area contributed by atoms with Crippen molar-refractivity contribution in [2.75, 3.05) is 44.0 Å². The maximum atomic E-state index is 13.6. The number of carboxylic acids is 1. The van der Waals surface area contributed by atoms with Crippen LogP contribution in [-0.4, -0.2) is 143 Å². The predicted molar refractivity (Wildman–Crippen MR) is 209 cm³/mol. The first-order valence-corrected chi connectivity index (χ1v) is 20.6. The molecule has 0 aromatic heterocycles. The molecule has 18 nitrogen and oxygen atoms in total. The first kappa shape index (κ1) is 48.8. The number of unbranched alkanes of at least 4 members (excludes halogenated alkanes) is 2. The lowest BCUT2D eigenvalue weighted by Crippen LogP contribution is -2.60. The molecule has 0 radical (unpaired) electrons. The van der Waals surface area contributed by atoms with Crippen LogP contribution >= 0.6 is 24.4 Å². The lowest BCUT2D eigenvalue weighted by molar-refractivity contribution is -0.149. The summed E-state index contributed by atoms with van der Waals surface area (Å²) in [5, 5.41) is 32.6. The summed E-state index contributed by atoms with van der Waals surface area (Å²) in [6.45, 7) is 3.85. The molecule has 0 saturated carbocycles. The molecule has 7 unspecified atom stereocenters. The van der Waals surface area contributed by atoms with Gasteiger partial charge in [-0.05, 0) is 88.8 Å². The van der Waals surface area contributed by atoms with E-state index < -0.39 is 90.3 Å². The Bertz CT molecular complexity index is 1230. The largest absolute Gasteiger partial charge is 0.480 e. The molecule has 1 aliphatic rings. The minimum absolute atomic E-state index is 0.0502. The van der Waals surface area contributed by atoms with Gasteiger partial charge in [-0.1, -0.05) is 20.3 Å². The molecule has 54 heavy (non-hydrogen) atoms. The molecule has 310 valence electrons. The van der Waals surface area contributed by atoms with Gasteiger partial charge in [0.05, 0.1) is 12.6 Å². The summed E-state index contributed by atoms with van der Waals surface area (Å²) in [6, 6.07) is -7.96. The number of thiol groups is 1. The number of hydrogen-bond donors (Lipinski definition) is 11. The topological polar surface area (TPSA) is 301 Å². The molecule has 7 atom stereocenters. The van der Waals surface area contributed by atoms with Crippen molar-refractivity contribution in [3.05, 3.63) is 0 Å². The highest BCUT2D eigenvalue weighted by Gasteiger charge is 2.39. The standard InChI is InChI=1S/C34H63N9O9S2/c1-20(2)17-24(33(50)43-15-8-11-27(43)34(51)52)40-29(46)22(10-5-7-14-36)39-31(48)25(18-44)41-32(49)26(19-53)42-30(47)23(12-16-54-3)38-28(45)21(37)9-4-6-13-35/h20-27,44,53H,4-19,35-37H2,1-3H3,(H,38,45)(H,39,48)(H,40,46)(H,41,49)(H,42,47)(H,51,52). The average molecular weight is 806 g/mol. The number of likely N-dealkylation sites (tertiary alicyclic amines) is 1. The third-order valence-electron chi connectivity index (χ3n) is 8.90. The molecule has 20 heteroatoms. The monoisotopic (exact) mass is 805 g/mol. The zero-order valence-corrected chi connectivity index (χ0v) is 33.4. The number of carbonyl (C=O) groups excluding carboxylic acids is 6. The number of nitrogens with one attached hydrogen (secondary N) is 5. The van der Waals surface area contributed by atoms with E-state index in [9.17, 15) is 43.8 Å². The van der Waals surface area contributed by atoms with E-state index in [1.807, 2.05) is 20.1 Å². The number of aliphatic hydroxyl groups excluding tert-OH is 1. The van der Waals surface area contributed by atoms with Crippen LogP contribution in [0.15, 0.2) is 0 Å². The minimum atomic E-state index is -1.55. The SMILES string of the molecule is CSCCC(NC(=O)C(N)CCCCN)C(=O)NC(CS)C(=O)NC(CO)C(=O)NC(CCCCN)C(=O)NC(CC(C)C)C(=O)N1CCCC1C(=O)O. The molecule has 1 rings (SSSR count). The van der Waals surface area contributed by atoms with E-state index in [2.05, 4.69) is 39.2 Å². The summed E-state index contributed by atoms with van der Waals surface area (Å²) >= 11 is 5.64. The highest BCUT2D eigenvalue weighted by Crippen LogP contribution is 2.20. The number of carbonyl (C=O) groups is 7. The van der Waals surface area contributed by atoms with Gasteiger partial charge in [-0.3, -0.25) is 28.8 Å². The maximum Gasteiger partial charge on any atom is 0.326 e. The number of aliphatic carboxylic acids is 1. The smallest absolute Gasteiger partial charge is 0.326 e. The fourth-order valence-corrected chi connectivity index (χ4v) is 6.57. The summed E-state index contributed by atoms with van der Waals surface area (Å²) in [5.74, 6) is -5.06. The van der Waals surface area contributed by atoms with Gasteiger partial charge in [0.1, 0.15) is 36.3 Å². The van der Waals surface area contributed by atoms with E-state index in [0.29, 0.717) is 63.8 Å². The van der Waals surface area contributed by atoms with Crippen LogP contribution in [0.25, 0.3) is 0 Å². The first-order chi connectivity index (χ1) is 25.6. The molecule has 1 fully saturated rings. The Kier molecular flexibility index (Phi) is 24.1. The van der Waals surface area contributed by atoms with Crippen LogP contribution in [0.2, 0.25) is 0 Å². The molecule has 13 N–H and O–H groups in total. The third-order valence-corrected chi connectivity index (χ3v) is 9.91. The van der Waals surface area contributed by atoms with Crippen molar-refractivity contribution in [2.24, 2.45) is 23.1 Å². The quantitative estimate of drug-likeness (QED) is 0.0311. The number of amides is 6. The molecular weight excluding hydrogens is 743 g/mol. The zero-order valence-electron chi connectivity index (χ0n) is 31.7. The number of rotatable bonds is 27. The third kappa shape index (κ3) is 17.1. The van der Waals surface area contributed by atoms with E-state index in [0.717, 1.165) is 0 Å². The minimum Gasteiger partial charge on any atom is -0.480 e. The zero-order chi connectivity index (χ0) is 40.8. The molecule has 0 bridgehead atoms. The van der Waals surface area contributed by atoms with E-state index in [1.165, 1.54) is 16.7 Å². The van der Waals surface area contributed by atoms with Gasteiger partial charge in [-0.15, -0.1) is 0 Å². The van der Waals surface area contributed by atoms with Crippen LogP contribution in [-0.2, 0) is 33.6 Å². The van der Waals surface area contributed by atoms with Gasteiger partial charge in [0.25, 0.3) is 0 Å². The average Bonchev–Trinajstić information content (AvgIpc) is 3.63. The highest BCUT2D eigenvalue weighted by atomic mass is 32.2. The Morgan fingerprint density at radius 3 is 1.80 bits per heavy atom. The van der Waals surface area contributed by atoms with Gasteiger partial charge in [0, 0.05) is 12.3 Å². The van der Waals surface area contributed by atoms with Crippen LogP contribution in [0.1, 0.15) is 78.1 Å². The summed E-state index contributed by atoms with van der Waals surface area (Å²) in [6.07, 6.45) is 5.86. The van der Waals surface area contributed by atoms with Gasteiger partial charge in [0.15, 0.2) is 0 Å². The Morgan fingerprint density at radius 2 is 1.26 bits per heavy atom. The fourth-order valence-electron chi connectivity index (χ4n) is 5.84. The Morgan fingerprint density at radius 1 is 0.759 bits per heavy atom. The van der Waals surface area contributed by atoms with Crippen molar-refractivity contribution < 1.29 is 43.8 Å². The Hall–Kier alpha value is -3.17. The van der Waals surface area contributed by atoms with Gasteiger partial charge in [-0.25, -0.2) is 4.79 Å². The second-order valence-corrected chi connectivity index (χ2v) is 15.1. The van der Waals surface area contributed by atoms with Gasteiger partial charge >= 0.3 is 5.97 Å². The Labute approximate surface area is 327 Å². The second-order valence-electron chi connectivity index (χ2n) is 13.8. The summed E-state index contributed by atoms with van der Waals surface area (Å²) in [7, 11) is 0. The van der Waals surface area contributed by atoms with Gasteiger partial charge in [-0.2, -0.15) is 24.4 Å². The van der Waals surface area contributed by atoms with Gasteiger partial charge < -0.3 is 58.9 Å². The van der Waals surface area contributed by atoms with Crippen LogP contribution in [0, 0.1) is 5.92 Å². The first-order valence-electron chi connectivity index (χ1n) is 18.6. The van der Waals surface area contributed by atoms with Crippen LogP contribution in [0.4, 0.5) is 0 Å².